The highest BCUT2D eigenvalue weighted by Gasteiger charge is 2.33. The van der Waals surface area contributed by atoms with E-state index in [1.165, 1.54) is 6.07 Å². The van der Waals surface area contributed by atoms with E-state index in [-0.39, 0.29) is 23.9 Å². The molecular formula is C17H24N4O4. The minimum Gasteiger partial charge on any atom is -0.391 e. The van der Waals surface area contributed by atoms with Crippen molar-refractivity contribution in [2.75, 3.05) is 31.5 Å². The van der Waals surface area contributed by atoms with Crippen molar-refractivity contribution in [3.63, 3.8) is 0 Å². The lowest BCUT2D eigenvalue weighted by Gasteiger charge is -2.39. The molecule has 0 bridgehead atoms. The summed E-state index contributed by atoms with van der Waals surface area (Å²) in [6.07, 6.45) is 2.67. The van der Waals surface area contributed by atoms with Gasteiger partial charge in [0.15, 0.2) is 0 Å². The summed E-state index contributed by atoms with van der Waals surface area (Å²) >= 11 is 0. The van der Waals surface area contributed by atoms with Crippen LogP contribution >= 0.6 is 0 Å². The Kier molecular flexibility index (Phi) is 5.19. The number of aliphatic hydroxyl groups excluding tert-OH is 1. The molecular weight excluding hydrogens is 324 g/mol. The van der Waals surface area contributed by atoms with Crippen LogP contribution in [0.5, 0.6) is 0 Å². The van der Waals surface area contributed by atoms with E-state index in [0.29, 0.717) is 24.3 Å². The third-order valence-electron chi connectivity index (χ3n) is 5.17. The van der Waals surface area contributed by atoms with Crippen molar-refractivity contribution >= 4 is 17.4 Å². The molecule has 1 aromatic rings. The molecule has 2 N–H and O–H groups in total. The number of nitrogens with zero attached hydrogens (tertiary/aromatic N) is 3. The number of benzene rings is 1. The first-order valence-electron chi connectivity index (χ1n) is 8.69. The van der Waals surface area contributed by atoms with Gasteiger partial charge in [-0.05, 0) is 32.3 Å². The number of carbonyl (C=O) groups excluding carboxylic acids is 1. The lowest BCUT2D eigenvalue weighted by Crippen LogP contribution is -2.54. The van der Waals surface area contributed by atoms with Crippen LogP contribution < -0.4 is 5.32 Å². The van der Waals surface area contributed by atoms with Gasteiger partial charge in [-0.3, -0.25) is 15.0 Å². The lowest BCUT2D eigenvalue weighted by molar-refractivity contribution is -0.385. The monoisotopic (exact) mass is 348 g/mol. The Morgan fingerprint density at radius 1 is 1.28 bits per heavy atom. The fraction of sp³-hybridized carbons (Fsp3) is 0.588. The van der Waals surface area contributed by atoms with Gasteiger partial charge in [0.1, 0.15) is 0 Å². The van der Waals surface area contributed by atoms with Crippen LogP contribution in [0.25, 0.3) is 0 Å². The topological polar surface area (TPSA) is 99.0 Å². The van der Waals surface area contributed by atoms with Crippen molar-refractivity contribution in [2.24, 2.45) is 0 Å². The number of hydrogen-bond acceptors (Lipinski definition) is 5. The molecule has 0 unspecified atom stereocenters. The van der Waals surface area contributed by atoms with Crippen LogP contribution in [0.4, 0.5) is 16.2 Å². The molecule has 1 saturated carbocycles. The summed E-state index contributed by atoms with van der Waals surface area (Å²) in [5.41, 5.74) is 0.987. The number of carbonyl (C=O) groups is 1. The molecule has 3 rings (SSSR count). The van der Waals surface area contributed by atoms with E-state index in [1.807, 2.05) is 0 Å². The van der Waals surface area contributed by atoms with E-state index >= 15 is 0 Å². The first-order chi connectivity index (χ1) is 12.0. The second-order valence-electron chi connectivity index (χ2n) is 6.78. The Hall–Kier alpha value is -2.19. The van der Waals surface area contributed by atoms with Crippen molar-refractivity contribution in [1.82, 2.24) is 9.80 Å². The quantitative estimate of drug-likeness (QED) is 0.643. The molecule has 8 heteroatoms. The summed E-state index contributed by atoms with van der Waals surface area (Å²) in [6, 6.07) is 4.66. The molecule has 2 fully saturated rings. The summed E-state index contributed by atoms with van der Waals surface area (Å²) in [5.74, 6) is 0. The molecule has 1 aromatic carbocycles. The number of aryl methyl sites for hydroxylation is 1. The Balaban J connectivity index is 1.56. The molecule has 136 valence electrons. The number of piperazine rings is 1. The zero-order valence-corrected chi connectivity index (χ0v) is 14.4. The number of nitro benzene ring substituents is 1. The number of amides is 2. The zero-order valence-electron chi connectivity index (χ0n) is 14.4. The van der Waals surface area contributed by atoms with Gasteiger partial charge in [-0.25, -0.2) is 4.79 Å². The van der Waals surface area contributed by atoms with E-state index in [0.717, 1.165) is 32.4 Å². The predicted molar refractivity (Wildman–Crippen MR) is 93.6 cm³/mol. The first kappa shape index (κ1) is 17.6. The van der Waals surface area contributed by atoms with E-state index in [4.69, 9.17) is 0 Å². The Bertz CT molecular complexity index is 658. The summed E-state index contributed by atoms with van der Waals surface area (Å²) in [7, 11) is 0. The molecule has 1 heterocycles. The number of nitrogens with one attached hydrogen (secondary N) is 1. The molecule has 8 nitrogen and oxygen atoms in total. The second kappa shape index (κ2) is 7.37. The highest BCUT2D eigenvalue weighted by molar-refractivity contribution is 5.89. The molecule has 2 aliphatic rings. The number of aliphatic hydroxyl groups is 1. The van der Waals surface area contributed by atoms with Gasteiger partial charge in [0, 0.05) is 49.5 Å². The summed E-state index contributed by atoms with van der Waals surface area (Å²) in [4.78, 5) is 26.9. The average Bonchev–Trinajstić information content (AvgIpc) is 3.02. The minimum absolute atomic E-state index is 0.00200. The molecule has 2 amide bonds. The van der Waals surface area contributed by atoms with Gasteiger partial charge in [0.25, 0.3) is 5.69 Å². The number of rotatable bonds is 3. The van der Waals surface area contributed by atoms with E-state index in [9.17, 15) is 20.0 Å². The van der Waals surface area contributed by atoms with E-state index in [2.05, 4.69) is 10.2 Å². The molecule has 25 heavy (non-hydrogen) atoms. The molecule has 1 aliphatic carbocycles. The highest BCUT2D eigenvalue weighted by Crippen LogP contribution is 2.26. The third-order valence-corrected chi connectivity index (χ3v) is 5.17. The number of nitro groups is 1. The van der Waals surface area contributed by atoms with Gasteiger partial charge in [-0.15, -0.1) is 0 Å². The summed E-state index contributed by atoms with van der Waals surface area (Å²) < 4.78 is 0. The smallest absolute Gasteiger partial charge is 0.321 e. The molecule has 2 atom stereocenters. The normalized spacial score (nSPS) is 24.3. The van der Waals surface area contributed by atoms with Gasteiger partial charge in [-0.2, -0.15) is 0 Å². The fourth-order valence-corrected chi connectivity index (χ4v) is 3.69. The van der Waals surface area contributed by atoms with Crippen LogP contribution in [-0.2, 0) is 0 Å². The number of hydrogen-bond donors (Lipinski definition) is 2. The van der Waals surface area contributed by atoms with Crippen LogP contribution in [0.15, 0.2) is 18.2 Å². The molecule has 1 saturated heterocycles. The molecule has 0 spiro atoms. The summed E-state index contributed by atoms with van der Waals surface area (Å²) in [5, 5.41) is 23.8. The van der Waals surface area contributed by atoms with E-state index in [1.54, 1.807) is 24.0 Å². The van der Waals surface area contributed by atoms with Crippen molar-refractivity contribution in [3.8, 4) is 0 Å². The standard InChI is InChI=1S/C17H24N4O4/c1-12-5-6-13(11-15(12)21(24)25)18-17(23)20-9-7-19(8-10-20)14-3-2-4-16(14)22/h5-6,11,14,16,22H,2-4,7-10H2,1H3,(H,18,23)/t14-,16+/m1/s1. The van der Waals surface area contributed by atoms with Crippen molar-refractivity contribution in [1.29, 1.82) is 0 Å². The maximum Gasteiger partial charge on any atom is 0.321 e. The average molecular weight is 348 g/mol. The Labute approximate surface area is 146 Å². The Morgan fingerprint density at radius 2 is 2.00 bits per heavy atom. The molecule has 0 radical (unpaired) electrons. The second-order valence-corrected chi connectivity index (χ2v) is 6.78. The van der Waals surface area contributed by atoms with Crippen molar-refractivity contribution in [3.05, 3.63) is 33.9 Å². The van der Waals surface area contributed by atoms with Crippen LogP contribution in [-0.4, -0.2) is 64.2 Å². The van der Waals surface area contributed by atoms with Gasteiger partial charge < -0.3 is 15.3 Å². The predicted octanol–water partition coefficient (Wildman–Crippen LogP) is 1.97. The maximum atomic E-state index is 12.4. The lowest BCUT2D eigenvalue weighted by atomic mass is 10.1. The Morgan fingerprint density at radius 3 is 2.60 bits per heavy atom. The highest BCUT2D eigenvalue weighted by atomic mass is 16.6. The van der Waals surface area contributed by atoms with Gasteiger partial charge in [0.2, 0.25) is 0 Å². The van der Waals surface area contributed by atoms with Crippen LogP contribution in [0.1, 0.15) is 24.8 Å². The first-order valence-corrected chi connectivity index (χ1v) is 8.69. The maximum absolute atomic E-state index is 12.4. The van der Waals surface area contributed by atoms with Crippen LogP contribution in [0.3, 0.4) is 0 Å². The van der Waals surface area contributed by atoms with Crippen molar-refractivity contribution in [2.45, 2.75) is 38.3 Å². The van der Waals surface area contributed by atoms with Crippen LogP contribution in [0, 0.1) is 17.0 Å². The van der Waals surface area contributed by atoms with Crippen LogP contribution in [0.2, 0.25) is 0 Å². The largest absolute Gasteiger partial charge is 0.391 e. The van der Waals surface area contributed by atoms with Crippen molar-refractivity contribution < 1.29 is 14.8 Å². The fourth-order valence-electron chi connectivity index (χ4n) is 3.69. The summed E-state index contributed by atoms with van der Waals surface area (Å²) in [6.45, 7) is 4.32. The minimum atomic E-state index is -0.448. The SMILES string of the molecule is Cc1ccc(NC(=O)N2CCN([C@@H]3CCC[C@@H]3O)CC2)cc1[N+](=O)[O-]. The van der Waals surface area contributed by atoms with Gasteiger partial charge in [0.05, 0.1) is 11.0 Å². The number of anilines is 1. The van der Waals surface area contributed by atoms with Gasteiger partial charge >= 0.3 is 6.03 Å². The molecule has 1 aliphatic heterocycles. The third kappa shape index (κ3) is 3.91. The van der Waals surface area contributed by atoms with E-state index < -0.39 is 4.92 Å². The zero-order chi connectivity index (χ0) is 18.0. The number of urea groups is 1. The van der Waals surface area contributed by atoms with Gasteiger partial charge in [-0.1, -0.05) is 6.07 Å². The molecule has 0 aromatic heterocycles.